The molecule has 0 aliphatic heterocycles. The highest BCUT2D eigenvalue weighted by Gasteiger charge is 2.12. The number of azo groups is 1. The van der Waals surface area contributed by atoms with Crippen molar-refractivity contribution in [1.29, 1.82) is 0 Å². The fraction of sp³-hybridized carbons (Fsp3) is 0. The van der Waals surface area contributed by atoms with Crippen LogP contribution in [0.3, 0.4) is 0 Å². The van der Waals surface area contributed by atoms with Gasteiger partial charge in [-0.15, -0.1) is 15.3 Å². The summed E-state index contributed by atoms with van der Waals surface area (Å²) in [5.74, 6) is -0.726. The molecule has 0 unspecified atom stereocenters. The Hall–Kier alpha value is -2.93. The normalized spacial score (nSPS) is 11.5. The molecular weight excluding hydrogens is 433 g/mol. The molecule has 29 heavy (non-hydrogen) atoms. The quantitative estimate of drug-likeness (QED) is 0.200. The van der Waals surface area contributed by atoms with E-state index in [1.807, 2.05) is 0 Å². The molecule has 6 nitrogen and oxygen atoms in total. The molecule has 0 spiro atoms. The van der Waals surface area contributed by atoms with Crippen LogP contribution in [0.1, 0.15) is 0 Å². The van der Waals surface area contributed by atoms with Crippen LogP contribution in [-0.4, -0.2) is 11.7 Å². The summed E-state index contributed by atoms with van der Waals surface area (Å²) < 4.78 is 0. The van der Waals surface area contributed by atoms with Crippen LogP contribution in [0.5, 0.6) is 0 Å². The van der Waals surface area contributed by atoms with E-state index in [2.05, 4.69) is 26.1 Å². The number of amidine groups is 1. The smallest absolute Gasteiger partial charge is 0.297 e. The van der Waals surface area contributed by atoms with Gasteiger partial charge in [0.05, 0.1) is 11.4 Å². The van der Waals surface area contributed by atoms with Gasteiger partial charge in [0.15, 0.2) is 0 Å². The summed E-state index contributed by atoms with van der Waals surface area (Å²) in [7, 11) is 0. The molecule has 0 heterocycles. The first-order chi connectivity index (χ1) is 14.0. The Balaban J connectivity index is 1.81. The van der Waals surface area contributed by atoms with Crippen LogP contribution in [0.4, 0.5) is 17.1 Å². The summed E-state index contributed by atoms with van der Waals surface area (Å²) in [5.41, 5.74) is 4.46. The van der Waals surface area contributed by atoms with Crippen molar-refractivity contribution in [2.24, 2.45) is 15.3 Å². The van der Waals surface area contributed by atoms with E-state index in [0.717, 1.165) is 0 Å². The van der Waals surface area contributed by atoms with E-state index in [-0.39, 0.29) is 5.84 Å². The molecule has 0 aromatic heterocycles. The molecule has 0 aliphatic carbocycles. The van der Waals surface area contributed by atoms with E-state index in [4.69, 9.17) is 34.8 Å². The fourth-order valence-corrected chi connectivity index (χ4v) is 2.47. The van der Waals surface area contributed by atoms with Gasteiger partial charge in [-0.2, -0.15) is 0 Å². The summed E-state index contributed by atoms with van der Waals surface area (Å²) in [6.07, 6.45) is 0. The molecule has 0 fully saturated rings. The minimum atomic E-state index is -0.550. The number of nitrogens with zero attached hydrogens (tertiary/aromatic N) is 3. The van der Waals surface area contributed by atoms with Crippen LogP contribution >= 0.6 is 34.8 Å². The van der Waals surface area contributed by atoms with E-state index in [9.17, 15) is 4.79 Å². The highest BCUT2D eigenvalue weighted by molar-refractivity contribution is 6.42. The van der Waals surface area contributed by atoms with Gasteiger partial charge in [-0.25, -0.2) is 0 Å². The molecule has 0 aliphatic rings. The third-order valence-electron chi connectivity index (χ3n) is 3.53. The predicted molar refractivity (Wildman–Crippen MR) is 119 cm³/mol. The number of carbonyl (C=O) groups excluding carboxylic acids is 1. The number of hydrogen-bond donors (Lipinski definition) is 2. The number of benzene rings is 3. The van der Waals surface area contributed by atoms with Crippen molar-refractivity contribution in [3.8, 4) is 0 Å². The van der Waals surface area contributed by atoms with Crippen LogP contribution in [0.15, 0.2) is 88.1 Å². The van der Waals surface area contributed by atoms with Gasteiger partial charge in [-0.3, -0.25) is 10.2 Å². The maximum Gasteiger partial charge on any atom is 0.297 e. The van der Waals surface area contributed by atoms with Crippen LogP contribution in [0.25, 0.3) is 0 Å². The molecule has 9 heteroatoms. The number of rotatable bonds is 4. The molecule has 3 aromatic carbocycles. The van der Waals surface area contributed by atoms with E-state index in [1.54, 1.807) is 72.8 Å². The third-order valence-corrected chi connectivity index (χ3v) is 4.28. The number of carbonyl (C=O) groups is 1. The fourth-order valence-electron chi connectivity index (χ4n) is 2.09. The lowest BCUT2D eigenvalue weighted by molar-refractivity contribution is -0.110. The zero-order valence-electron chi connectivity index (χ0n) is 14.8. The highest BCUT2D eigenvalue weighted by atomic mass is 35.5. The van der Waals surface area contributed by atoms with Gasteiger partial charge in [-0.05, 0) is 72.8 Å². The van der Waals surface area contributed by atoms with Crippen molar-refractivity contribution in [2.45, 2.75) is 0 Å². The monoisotopic (exact) mass is 445 g/mol. The Morgan fingerprint density at radius 3 is 1.72 bits per heavy atom. The Bertz CT molecular complexity index is 1030. The number of nitrogens with one attached hydrogen (secondary N) is 2. The van der Waals surface area contributed by atoms with E-state index >= 15 is 0 Å². The Morgan fingerprint density at radius 2 is 1.17 bits per heavy atom. The number of hydrogen-bond acceptors (Lipinski definition) is 4. The van der Waals surface area contributed by atoms with Gasteiger partial charge in [0, 0.05) is 20.8 Å². The highest BCUT2D eigenvalue weighted by Crippen LogP contribution is 2.18. The summed E-state index contributed by atoms with van der Waals surface area (Å²) >= 11 is 17.6. The lowest BCUT2D eigenvalue weighted by atomic mass is 10.3. The summed E-state index contributed by atoms with van der Waals surface area (Å²) in [5, 5.41) is 16.5. The average molecular weight is 447 g/mol. The number of anilines is 2. The molecule has 0 radical (unpaired) electrons. The largest absolute Gasteiger partial charge is 0.319 e. The molecule has 2 N–H and O–H groups in total. The van der Waals surface area contributed by atoms with Gasteiger partial charge in [-0.1, -0.05) is 34.8 Å². The van der Waals surface area contributed by atoms with Crippen molar-refractivity contribution in [2.75, 3.05) is 10.7 Å². The molecular formula is C20H14Cl3N5O. The van der Waals surface area contributed by atoms with Crippen molar-refractivity contribution in [3.63, 3.8) is 0 Å². The van der Waals surface area contributed by atoms with Gasteiger partial charge in [0.1, 0.15) is 0 Å². The van der Waals surface area contributed by atoms with Crippen LogP contribution < -0.4 is 10.7 Å². The lowest BCUT2D eigenvalue weighted by Crippen LogP contribution is -2.22. The van der Waals surface area contributed by atoms with Crippen molar-refractivity contribution in [3.05, 3.63) is 87.9 Å². The van der Waals surface area contributed by atoms with Crippen LogP contribution in [0.2, 0.25) is 15.1 Å². The van der Waals surface area contributed by atoms with Crippen molar-refractivity contribution < 1.29 is 4.79 Å². The molecule has 0 saturated carbocycles. The molecule has 3 rings (SSSR count). The van der Waals surface area contributed by atoms with Crippen LogP contribution in [0, 0.1) is 0 Å². The first kappa shape index (κ1) is 20.8. The van der Waals surface area contributed by atoms with Crippen LogP contribution in [-0.2, 0) is 4.79 Å². The van der Waals surface area contributed by atoms with E-state index in [0.29, 0.717) is 32.1 Å². The maximum atomic E-state index is 12.6. The number of amides is 1. The van der Waals surface area contributed by atoms with E-state index < -0.39 is 5.91 Å². The van der Waals surface area contributed by atoms with Gasteiger partial charge >= 0.3 is 0 Å². The summed E-state index contributed by atoms with van der Waals surface area (Å²) in [4.78, 5) is 12.6. The van der Waals surface area contributed by atoms with Crippen molar-refractivity contribution >= 4 is 63.6 Å². The lowest BCUT2D eigenvalue weighted by Gasteiger charge is -2.06. The summed E-state index contributed by atoms with van der Waals surface area (Å²) in [6.45, 7) is 0. The minimum Gasteiger partial charge on any atom is -0.319 e. The van der Waals surface area contributed by atoms with Gasteiger partial charge in [0.2, 0.25) is 0 Å². The Kier molecular flexibility index (Phi) is 7.19. The summed E-state index contributed by atoms with van der Waals surface area (Å²) in [6, 6.07) is 20.2. The molecule has 1 amide bonds. The molecule has 0 saturated heterocycles. The predicted octanol–water partition coefficient (Wildman–Crippen LogP) is 6.79. The maximum absolute atomic E-state index is 12.6. The molecule has 146 valence electrons. The Labute approximate surface area is 182 Å². The molecule has 3 aromatic rings. The van der Waals surface area contributed by atoms with Crippen molar-refractivity contribution in [1.82, 2.24) is 0 Å². The third kappa shape index (κ3) is 6.57. The SMILES string of the molecule is O=C(Nc1ccc(Cl)cc1)/C(N=Nc1ccc(Cl)cc1)=N/Nc1ccc(Cl)cc1. The second kappa shape index (κ2) is 10.0. The average Bonchev–Trinajstić information content (AvgIpc) is 2.72. The number of hydrazone groups is 1. The zero-order chi connectivity index (χ0) is 20.6. The van der Waals surface area contributed by atoms with E-state index in [1.165, 1.54) is 0 Å². The molecule has 0 bridgehead atoms. The zero-order valence-corrected chi connectivity index (χ0v) is 17.1. The second-order valence-electron chi connectivity index (χ2n) is 5.69. The standard InChI is InChI=1S/C20H14Cl3N5O/c21-13-1-7-16(8-2-13)24-20(29)19(27-25-17-9-3-14(22)4-10-17)28-26-18-11-5-15(23)6-12-18/h1-12,25H,(H,24,29)/b27-19-,28-26?. The van der Waals surface area contributed by atoms with Gasteiger partial charge < -0.3 is 5.32 Å². The topological polar surface area (TPSA) is 78.2 Å². The minimum absolute atomic E-state index is 0.176. The first-order valence-corrected chi connectivity index (χ1v) is 9.46. The van der Waals surface area contributed by atoms with Gasteiger partial charge in [0.25, 0.3) is 11.7 Å². The molecule has 0 atom stereocenters. The second-order valence-corrected chi connectivity index (χ2v) is 7.00. The Morgan fingerprint density at radius 1 is 0.690 bits per heavy atom. The first-order valence-electron chi connectivity index (χ1n) is 8.33. The number of halogens is 3.